The molecule has 29 heavy (non-hydrogen) atoms. The van der Waals surface area contributed by atoms with E-state index >= 15 is 0 Å². The molecule has 3 N–H and O–H groups in total. The van der Waals surface area contributed by atoms with Crippen molar-refractivity contribution in [2.45, 2.75) is 37.8 Å². The monoisotopic (exact) mass is 412 g/mol. The molecule has 0 fully saturated rings. The van der Waals surface area contributed by atoms with Crippen LogP contribution in [0.2, 0.25) is 0 Å². The second kappa shape index (κ2) is 9.93. The molecule has 0 aliphatic heterocycles. The molecule has 1 unspecified atom stereocenters. The smallest absolute Gasteiger partial charge is 0.331 e. The van der Waals surface area contributed by atoms with E-state index < -0.39 is 11.9 Å². The maximum Gasteiger partial charge on any atom is 0.331 e. The standard InChI is InChI=1S/C22H24N2O4S/c1-13-5-6-14(2)19(11-13)24-21(26)16(4)29-18-9-7-17(8-10-18)23-20(25)12-15(3)22(27)28/h5-12,16H,1-4H3,(H,23,25)(H,24,26)(H,27,28)/b15-12-. The van der Waals surface area contributed by atoms with Crippen LogP contribution in [0.4, 0.5) is 11.4 Å². The maximum atomic E-state index is 12.5. The van der Waals surface area contributed by atoms with E-state index in [2.05, 4.69) is 10.6 Å². The Morgan fingerprint density at radius 1 is 1.03 bits per heavy atom. The summed E-state index contributed by atoms with van der Waals surface area (Å²) in [6, 6.07) is 12.9. The van der Waals surface area contributed by atoms with E-state index in [1.807, 2.05) is 39.0 Å². The van der Waals surface area contributed by atoms with Crippen LogP contribution in [0.5, 0.6) is 0 Å². The lowest BCUT2D eigenvalue weighted by molar-refractivity contribution is -0.132. The molecule has 0 heterocycles. The lowest BCUT2D eigenvalue weighted by atomic mass is 10.1. The molecule has 6 nitrogen and oxygen atoms in total. The van der Waals surface area contributed by atoms with E-state index in [1.165, 1.54) is 18.7 Å². The third kappa shape index (κ3) is 6.80. The number of carboxylic acids is 1. The minimum Gasteiger partial charge on any atom is -0.478 e. The average Bonchev–Trinajstić information content (AvgIpc) is 2.66. The van der Waals surface area contributed by atoms with Crippen LogP contribution in [0.25, 0.3) is 0 Å². The first-order valence-corrected chi connectivity index (χ1v) is 9.91. The first-order chi connectivity index (χ1) is 13.7. The van der Waals surface area contributed by atoms with Crippen molar-refractivity contribution >= 4 is 40.9 Å². The van der Waals surface area contributed by atoms with E-state index in [0.29, 0.717) is 5.69 Å². The van der Waals surface area contributed by atoms with Crippen molar-refractivity contribution < 1.29 is 19.5 Å². The third-order valence-corrected chi connectivity index (χ3v) is 5.25. The van der Waals surface area contributed by atoms with Gasteiger partial charge in [0.2, 0.25) is 11.8 Å². The van der Waals surface area contributed by atoms with Gasteiger partial charge in [-0.2, -0.15) is 0 Å². The highest BCUT2D eigenvalue weighted by Gasteiger charge is 2.15. The predicted octanol–water partition coefficient (Wildman–Crippen LogP) is 4.39. The zero-order chi connectivity index (χ0) is 21.6. The van der Waals surface area contributed by atoms with Crippen molar-refractivity contribution in [2.75, 3.05) is 10.6 Å². The Balaban J connectivity index is 1.95. The summed E-state index contributed by atoms with van der Waals surface area (Å²) in [6.07, 6.45) is 1.03. The van der Waals surface area contributed by atoms with E-state index in [-0.39, 0.29) is 16.7 Å². The molecule has 2 rings (SSSR count). The molecule has 7 heteroatoms. The van der Waals surface area contributed by atoms with Gasteiger partial charge in [0, 0.05) is 27.9 Å². The van der Waals surface area contributed by atoms with Crippen molar-refractivity contribution in [1.29, 1.82) is 0 Å². The van der Waals surface area contributed by atoms with Gasteiger partial charge in [-0.1, -0.05) is 12.1 Å². The van der Waals surface area contributed by atoms with E-state index in [9.17, 15) is 14.4 Å². The molecule has 2 aromatic carbocycles. The number of hydrogen-bond acceptors (Lipinski definition) is 4. The fourth-order valence-corrected chi connectivity index (χ4v) is 3.28. The molecule has 2 amide bonds. The number of thioether (sulfide) groups is 1. The van der Waals surface area contributed by atoms with E-state index in [4.69, 9.17) is 5.11 Å². The Bertz CT molecular complexity index is 952. The Hall–Kier alpha value is -3.06. The second-order valence-electron chi connectivity index (χ2n) is 6.71. The summed E-state index contributed by atoms with van der Waals surface area (Å²) in [6.45, 7) is 7.12. The number of rotatable bonds is 7. The molecule has 0 spiro atoms. The molecule has 0 bridgehead atoms. The summed E-state index contributed by atoms with van der Waals surface area (Å²) in [5.74, 6) is -1.73. The molecule has 2 aromatic rings. The number of hydrogen-bond donors (Lipinski definition) is 3. The predicted molar refractivity (Wildman–Crippen MR) is 116 cm³/mol. The normalized spacial score (nSPS) is 12.2. The highest BCUT2D eigenvalue weighted by molar-refractivity contribution is 8.00. The molecular formula is C22H24N2O4S. The summed E-state index contributed by atoms with van der Waals surface area (Å²) in [5, 5.41) is 14.1. The van der Waals surface area contributed by atoms with Crippen molar-refractivity contribution in [3.8, 4) is 0 Å². The number of anilines is 2. The Morgan fingerprint density at radius 2 is 1.69 bits per heavy atom. The molecule has 0 saturated carbocycles. The average molecular weight is 413 g/mol. The largest absolute Gasteiger partial charge is 0.478 e. The Labute approximate surface area is 174 Å². The number of aryl methyl sites for hydroxylation is 2. The summed E-state index contributed by atoms with van der Waals surface area (Å²) in [7, 11) is 0. The summed E-state index contributed by atoms with van der Waals surface area (Å²) in [4.78, 5) is 35.9. The van der Waals surface area contributed by atoms with Crippen LogP contribution in [0.1, 0.15) is 25.0 Å². The topological polar surface area (TPSA) is 95.5 Å². The number of amides is 2. The van der Waals surface area contributed by atoms with Gasteiger partial charge in [0.1, 0.15) is 0 Å². The fraction of sp³-hybridized carbons (Fsp3) is 0.227. The number of aliphatic carboxylic acids is 1. The van der Waals surface area contributed by atoms with Crippen LogP contribution in [-0.2, 0) is 14.4 Å². The summed E-state index contributed by atoms with van der Waals surface area (Å²) < 4.78 is 0. The highest BCUT2D eigenvalue weighted by atomic mass is 32.2. The van der Waals surface area contributed by atoms with Crippen LogP contribution in [0.15, 0.2) is 59.0 Å². The van der Waals surface area contributed by atoms with Crippen LogP contribution in [-0.4, -0.2) is 28.1 Å². The first kappa shape index (κ1) is 22.2. The van der Waals surface area contributed by atoms with Gasteiger partial charge < -0.3 is 15.7 Å². The minimum absolute atomic E-state index is 0.0432. The van der Waals surface area contributed by atoms with Gasteiger partial charge in [-0.05, 0) is 69.2 Å². The van der Waals surface area contributed by atoms with Crippen molar-refractivity contribution in [2.24, 2.45) is 0 Å². The molecular weight excluding hydrogens is 388 g/mol. The van der Waals surface area contributed by atoms with Crippen LogP contribution < -0.4 is 10.6 Å². The highest BCUT2D eigenvalue weighted by Crippen LogP contribution is 2.26. The molecule has 0 radical (unpaired) electrons. The van der Waals surface area contributed by atoms with Crippen molar-refractivity contribution in [3.63, 3.8) is 0 Å². The SMILES string of the molecule is C/C(=C/C(=O)Nc1ccc(SC(C)C(=O)Nc2cc(C)ccc2C)cc1)C(=O)O. The zero-order valence-electron chi connectivity index (χ0n) is 16.8. The van der Waals surface area contributed by atoms with Gasteiger partial charge in [0.05, 0.1) is 5.25 Å². The first-order valence-electron chi connectivity index (χ1n) is 9.03. The second-order valence-corrected chi connectivity index (χ2v) is 8.13. The van der Waals surface area contributed by atoms with Crippen LogP contribution in [0.3, 0.4) is 0 Å². The number of carbonyl (C=O) groups is 3. The van der Waals surface area contributed by atoms with Gasteiger partial charge in [-0.3, -0.25) is 9.59 Å². The third-order valence-electron chi connectivity index (χ3n) is 4.14. The number of carboxylic acid groups (broad SMARTS) is 1. The van der Waals surface area contributed by atoms with Crippen LogP contribution in [0, 0.1) is 13.8 Å². The summed E-state index contributed by atoms with van der Waals surface area (Å²) >= 11 is 1.41. The maximum absolute atomic E-state index is 12.5. The molecule has 152 valence electrons. The lowest BCUT2D eigenvalue weighted by Gasteiger charge is -2.14. The zero-order valence-corrected chi connectivity index (χ0v) is 17.6. The number of carbonyl (C=O) groups excluding carboxylic acids is 2. The molecule has 0 aromatic heterocycles. The van der Waals surface area contributed by atoms with Crippen molar-refractivity contribution in [3.05, 3.63) is 65.2 Å². The summed E-state index contributed by atoms with van der Waals surface area (Å²) in [5.41, 5.74) is 3.40. The molecule has 0 aliphatic rings. The van der Waals surface area contributed by atoms with E-state index in [1.54, 1.807) is 24.3 Å². The Kier molecular flexibility index (Phi) is 7.61. The fourth-order valence-electron chi connectivity index (χ4n) is 2.42. The van der Waals surface area contributed by atoms with Gasteiger partial charge >= 0.3 is 5.97 Å². The van der Waals surface area contributed by atoms with Crippen molar-refractivity contribution in [1.82, 2.24) is 0 Å². The lowest BCUT2D eigenvalue weighted by Crippen LogP contribution is -2.22. The van der Waals surface area contributed by atoms with Crippen LogP contribution >= 0.6 is 11.8 Å². The molecule has 0 saturated heterocycles. The number of nitrogens with one attached hydrogen (secondary N) is 2. The van der Waals surface area contributed by atoms with E-state index in [0.717, 1.165) is 27.8 Å². The quantitative estimate of drug-likeness (QED) is 0.463. The Morgan fingerprint density at radius 3 is 2.31 bits per heavy atom. The molecule has 1 atom stereocenters. The van der Waals surface area contributed by atoms with Gasteiger partial charge in [-0.25, -0.2) is 4.79 Å². The number of benzene rings is 2. The van der Waals surface area contributed by atoms with Gasteiger partial charge in [-0.15, -0.1) is 11.8 Å². The van der Waals surface area contributed by atoms with Gasteiger partial charge in [0.15, 0.2) is 0 Å². The molecule has 0 aliphatic carbocycles. The minimum atomic E-state index is -1.14. The van der Waals surface area contributed by atoms with Gasteiger partial charge in [0.25, 0.3) is 0 Å².